The first-order chi connectivity index (χ1) is 14.4. The lowest BCUT2D eigenvalue weighted by molar-refractivity contribution is -0.142. The van der Waals surface area contributed by atoms with Gasteiger partial charge in [0.2, 0.25) is 0 Å². The Balaban J connectivity index is 1.84. The van der Waals surface area contributed by atoms with Crippen molar-refractivity contribution in [1.82, 2.24) is 14.7 Å². The van der Waals surface area contributed by atoms with Crippen molar-refractivity contribution in [3.05, 3.63) is 46.8 Å². The van der Waals surface area contributed by atoms with Crippen LogP contribution in [-0.2, 0) is 17.3 Å². The number of carbonyl (C=O) groups excluding carboxylic acids is 1. The molecule has 2 unspecified atom stereocenters. The number of aromatic carboxylic acids is 1. The smallest absolute Gasteiger partial charge is 0.435 e. The average Bonchev–Trinajstić information content (AvgIpc) is 3.18. The molecule has 1 amide bonds. The minimum atomic E-state index is -4.73. The molecule has 1 saturated heterocycles. The lowest BCUT2D eigenvalue weighted by Gasteiger charge is -2.36. The topological polar surface area (TPSA) is 84.7 Å². The number of hydrogen-bond donors (Lipinski definition) is 1. The van der Waals surface area contributed by atoms with Gasteiger partial charge in [-0.15, -0.1) is 0 Å². The van der Waals surface area contributed by atoms with Gasteiger partial charge in [-0.2, -0.15) is 18.3 Å². The predicted octanol–water partition coefficient (Wildman–Crippen LogP) is 4.59. The number of rotatable bonds is 2. The molecule has 2 aliphatic heterocycles. The summed E-state index contributed by atoms with van der Waals surface area (Å²) in [5.41, 5.74) is -1.33. The zero-order valence-electron chi connectivity index (χ0n) is 17.2. The van der Waals surface area contributed by atoms with E-state index in [1.54, 1.807) is 20.8 Å². The van der Waals surface area contributed by atoms with Crippen molar-refractivity contribution in [1.29, 1.82) is 0 Å². The maximum absolute atomic E-state index is 13.9. The molecule has 3 heterocycles. The van der Waals surface area contributed by atoms with Crippen LogP contribution in [0, 0.1) is 0 Å². The Labute approximate surface area is 176 Å². The van der Waals surface area contributed by atoms with E-state index in [1.165, 1.54) is 33.8 Å². The third-order valence-electron chi connectivity index (χ3n) is 5.50. The minimum absolute atomic E-state index is 0.0344. The van der Waals surface area contributed by atoms with E-state index in [2.05, 4.69) is 5.10 Å². The number of carboxylic acid groups (broad SMARTS) is 1. The maximum Gasteiger partial charge on any atom is 0.435 e. The van der Waals surface area contributed by atoms with Gasteiger partial charge in [-0.3, -0.25) is 4.90 Å². The standard InChI is InChI=1S/C21H22F3N3O4/c1-20(2,3)31-19(30)26-12-7-8-14(26)16-15(10-12)27(25-17(16)21(22,23)24)13-6-4-5-11(9-13)18(28)29/h4-6,9,12,14H,7-8,10H2,1-3H3,(H,28,29). The highest BCUT2D eigenvalue weighted by molar-refractivity contribution is 5.88. The number of ether oxygens (including phenoxy) is 1. The van der Waals surface area contributed by atoms with Gasteiger partial charge < -0.3 is 9.84 Å². The summed E-state index contributed by atoms with van der Waals surface area (Å²) in [6.07, 6.45) is -4.27. The average molecular weight is 437 g/mol. The molecule has 7 nitrogen and oxygen atoms in total. The van der Waals surface area contributed by atoms with Gasteiger partial charge in [-0.1, -0.05) is 6.07 Å². The van der Waals surface area contributed by atoms with Gasteiger partial charge in [0.1, 0.15) is 5.60 Å². The molecule has 0 saturated carbocycles. The Morgan fingerprint density at radius 1 is 1.19 bits per heavy atom. The highest BCUT2D eigenvalue weighted by atomic mass is 19.4. The largest absolute Gasteiger partial charge is 0.478 e. The second-order valence-corrected chi connectivity index (χ2v) is 8.81. The molecule has 10 heteroatoms. The van der Waals surface area contributed by atoms with Crippen LogP contribution in [0.3, 0.4) is 0 Å². The lowest BCUT2D eigenvalue weighted by Crippen LogP contribution is -2.45. The fraction of sp³-hybridized carbons (Fsp3) is 0.476. The highest BCUT2D eigenvalue weighted by Crippen LogP contribution is 2.49. The van der Waals surface area contributed by atoms with Crippen molar-refractivity contribution < 1.29 is 32.6 Å². The van der Waals surface area contributed by atoms with Gasteiger partial charge in [0, 0.05) is 18.0 Å². The number of amides is 1. The summed E-state index contributed by atoms with van der Waals surface area (Å²) in [6.45, 7) is 5.12. The van der Waals surface area contributed by atoms with E-state index in [0.717, 1.165) is 0 Å². The molecule has 166 valence electrons. The SMILES string of the molecule is CC(C)(C)OC(=O)N1C2CCC1c1c(C(F)(F)F)nn(-c3cccc(C(=O)O)c3)c1C2. The van der Waals surface area contributed by atoms with Crippen LogP contribution < -0.4 is 0 Å². The van der Waals surface area contributed by atoms with E-state index >= 15 is 0 Å². The van der Waals surface area contributed by atoms with Crippen LogP contribution in [0.4, 0.5) is 18.0 Å². The number of halogens is 3. The highest BCUT2D eigenvalue weighted by Gasteiger charge is 2.51. The molecule has 2 aromatic rings. The third-order valence-corrected chi connectivity index (χ3v) is 5.50. The van der Waals surface area contributed by atoms with Crippen LogP contribution in [0.15, 0.2) is 24.3 Å². The van der Waals surface area contributed by atoms with E-state index < -0.39 is 35.6 Å². The number of carbonyl (C=O) groups is 2. The molecule has 1 N–H and O–H groups in total. The molecule has 0 spiro atoms. The van der Waals surface area contributed by atoms with Gasteiger partial charge in [-0.25, -0.2) is 14.3 Å². The van der Waals surface area contributed by atoms with E-state index in [4.69, 9.17) is 4.74 Å². The molecular formula is C21H22F3N3O4. The Morgan fingerprint density at radius 2 is 1.90 bits per heavy atom. The van der Waals surface area contributed by atoms with Gasteiger partial charge in [0.15, 0.2) is 5.69 Å². The normalized spacial score (nSPS) is 20.5. The number of nitrogens with zero attached hydrogens (tertiary/aromatic N) is 3. The summed E-state index contributed by atoms with van der Waals surface area (Å²) in [7, 11) is 0. The van der Waals surface area contributed by atoms with E-state index in [9.17, 15) is 27.9 Å². The molecule has 31 heavy (non-hydrogen) atoms. The molecule has 0 radical (unpaired) electrons. The van der Waals surface area contributed by atoms with Crippen LogP contribution in [-0.4, -0.2) is 43.5 Å². The summed E-state index contributed by atoms with van der Waals surface area (Å²) >= 11 is 0. The second kappa shape index (κ2) is 7.00. The molecule has 2 bridgehead atoms. The molecule has 2 atom stereocenters. The molecule has 4 rings (SSSR count). The summed E-state index contributed by atoms with van der Waals surface area (Å²) in [5.74, 6) is -1.19. The first-order valence-electron chi connectivity index (χ1n) is 9.91. The maximum atomic E-state index is 13.9. The molecule has 1 fully saturated rings. The van der Waals surface area contributed by atoms with Crippen molar-refractivity contribution >= 4 is 12.1 Å². The first-order valence-corrected chi connectivity index (χ1v) is 9.91. The number of carboxylic acids is 1. The van der Waals surface area contributed by atoms with Gasteiger partial charge in [0.05, 0.1) is 23.0 Å². The van der Waals surface area contributed by atoms with E-state index in [1.807, 2.05) is 0 Å². The zero-order chi connectivity index (χ0) is 22.7. The van der Waals surface area contributed by atoms with Gasteiger partial charge in [0.25, 0.3) is 0 Å². The minimum Gasteiger partial charge on any atom is -0.478 e. The lowest BCUT2D eigenvalue weighted by atomic mass is 9.97. The molecule has 1 aromatic heterocycles. The van der Waals surface area contributed by atoms with Crippen molar-refractivity contribution in [3.8, 4) is 5.69 Å². The number of alkyl halides is 3. The fourth-order valence-electron chi connectivity index (χ4n) is 4.39. The quantitative estimate of drug-likeness (QED) is 0.743. The summed E-state index contributed by atoms with van der Waals surface area (Å²) in [6, 6.07) is 4.52. The zero-order valence-corrected chi connectivity index (χ0v) is 17.2. The Bertz CT molecular complexity index is 1060. The predicted molar refractivity (Wildman–Crippen MR) is 103 cm³/mol. The first kappa shape index (κ1) is 21.2. The summed E-state index contributed by atoms with van der Waals surface area (Å²) in [5, 5.41) is 13.1. The molecular weight excluding hydrogens is 415 g/mol. The summed E-state index contributed by atoms with van der Waals surface area (Å²) in [4.78, 5) is 25.5. The van der Waals surface area contributed by atoms with Crippen LogP contribution in [0.25, 0.3) is 5.69 Å². The number of hydrogen-bond acceptors (Lipinski definition) is 4. The Morgan fingerprint density at radius 3 is 2.52 bits per heavy atom. The van der Waals surface area contributed by atoms with E-state index in [0.29, 0.717) is 18.5 Å². The van der Waals surface area contributed by atoms with Gasteiger partial charge >= 0.3 is 18.2 Å². The van der Waals surface area contributed by atoms with Crippen molar-refractivity contribution in [2.45, 2.75) is 63.9 Å². The van der Waals surface area contributed by atoms with Crippen LogP contribution >= 0.6 is 0 Å². The molecule has 2 aliphatic rings. The Hall–Kier alpha value is -3.04. The molecule has 0 aliphatic carbocycles. The summed E-state index contributed by atoms with van der Waals surface area (Å²) < 4.78 is 48.4. The van der Waals surface area contributed by atoms with Crippen molar-refractivity contribution in [3.63, 3.8) is 0 Å². The van der Waals surface area contributed by atoms with Crippen molar-refractivity contribution in [2.75, 3.05) is 0 Å². The fourth-order valence-corrected chi connectivity index (χ4v) is 4.39. The van der Waals surface area contributed by atoms with Crippen LogP contribution in [0.2, 0.25) is 0 Å². The van der Waals surface area contributed by atoms with Crippen molar-refractivity contribution in [2.24, 2.45) is 0 Å². The van der Waals surface area contributed by atoms with E-state index in [-0.39, 0.29) is 29.3 Å². The second-order valence-electron chi connectivity index (χ2n) is 8.81. The Kier molecular flexibility index (Phi) is 4.79. The van der Waals surface area contributed by atoms with Crippen LogP contribution in [0.1, 0.15) is 67.0 Å². The number of benzene rings is 1. The number of aromatic nitrogens is 2. The third kappa shape index (κ3) is 3.75. The van der Waals surface area contributed by atoms with Crippen LogP contribution in [0.5, 0.6) is 0 Å². The molecule has 1 aromatic carbocycles. The number of fused-ring (bicyclic) bond motifs is 4. The van der Waals surface area contributed by atoms with Gasteiger partial charge in [-0.05, 0) is 51.8 Å². The monoisotopic (exact) mass is 437 g/mol.